The molecule has 0 aromatic carbocycles. The highest BCUT2D eigenvalue weighted by Gasteiger charge is 2.49. The molecule has 1 N–H and O–H groups in total. The Labute approximate surface area is 185 Å². The molecular formula is C20H30INO7. The maximum Gasteiger partial charge on any atom is 0.407 e. The molecule has 0 aliphatic heterocycles. The van der Waals surface area contributed by atoms with Gasteiger partial charge in [-0.25, -0.2) is 9.59 Å². The second-order valence-corrected chi connectivity index (χ2v) is 7.75. The Morgan fingerprint density at radius 2 is 1.38 bits per heavy atom. The molecule has 1 amide bonds. The number of halogens is 1. The summed E-state index contributed by atoms with van der Waals surface area (Å²) in [6.07, 6.45) is 3.81. The van der Waals surface area contributed by atoms with Crippen LogP contribution >= 0.6 is 22.6 Å². The Hall–Kier alpha value is -1.09. The number of hydrogen-bond acceptors (Lipinski definition) is 7. The molecule has 1 saturated carbocycles. The van der Waals surface area contributed by atoms with E-state index < -0.39 is 0 Å². The van der Waals surface area contributed by atoms with Gasteiger partial charge in [0, 0.05) is 19.4 Å². The number of amides is 1. The van der Waals surface area contributed by atoms with Crippen LogP contribution in [0, 0.1) is 29.6 Å². The fraction of sp³-hybridized carbons (Fsp3) is 0.800. The molecule has 29 heavy (non-hydrogen) atoms. The standard InChI is InChI=1S/C20H30INO7/c21-19(23)28-14-13-27-12-11-26-10-9-25-8-7-22-20(24)29-15-18-16-5-3-1-2-4-6-17(16)18/h16-18H,3-15H2,(H,22,24)/t16-,17+,18-. The number of nitrogens with one attached hydrogen (secondary N) is 1. The van der Waals surface area contributed by atoms with Gasteiger partial charge in [0.15, 0.2) is 0 Å². The van der Waals surface area contributed by atoms with Crippen molar-refractivity contribution in [3.05, 3.63) is 0 Å². The predicted molar refractivity (Wildman–Crippen MR) is 114 cm³/mol. The van der Waals surface area contributed by atoms with Crippen molar-refractivity contribution >= 4 is 32.7 Å². The zero-order chi connectivity index (χ0) is 20.7. The van der Waals surface area contributed by atoms with Gasteiger partial charge in [-0.2, -0.15) is 0 Å². The van der Waals surface area contributed by atoms with Crippen molar-refractivity contribution in [2.24, 2.45) is 17.8 Å². The van der Waals surface area contributed by atoms with Crippen LogP contribution in [0.4, 0.5) is 9.59 Å². The van der Waals surface area contributed by atoms with E-state index >= 15 is 0 Å². The van der Waals surface area contributed by atoms with E-state index in [1.54, 1.807) is 22.6 Å². The van der Waals surface area contributed by atoms with Gasteiger partial charge in [0.2, 0.25) is 0 Å². The van der Waals surface area contributed by atoms with Crippen LogP contribution in [0.1, 0.15) is 25.7 Å². The van der Waals surface area contributed by atoms with Crippen LogP contribution in [0.5, 0.6) is 0 Å². The Morgan fingerprint density at radius 3 is 1.97 bits per heavy atom. The predicted octanol–water partition coefficient (Wildman–Crippen LogP) is 2.77. The molecule has 2 aliphatic rings. The van der Waals surface area contributed by atoms with Crippen LogP contribution in [-0.4, -0.2) is 69.5 Å². The summed E-state index contributed by atoms with van der Waals surface area (Å²) in [5.41, 5.74) is 0. The molecule has 164 valence electrons. The molecule has 0 unspecified atom stereocenters. The van der Waals surface area contributed by atoms with Crippen molar-refractivity contribution in [3.63, 3.8) is 0 Å². The Morgan fingerprint density at radius 1 is 0.828 bits per heavy atom. The van der Waals surface area contributed by atoms with E-state index in [1.807, 2.05) is 0 Å². The van der Waals surface area contributed by atoms with Crippen LogP contribution in [0.2, 0.25) is 0 Å². The minimum atomic E-state index is -0.384. The third-order valence-corrected chi connectivity index (χ3v) is 5.26. The number of fused-ring (bicyclic) bond motifs is 1. The molecule has 9 heteroatoms. The topological polar surface area (TPSA) is 92.3 Å². The van der Waals surface area contributed by atoms with E-state index in [1.165, 1.54) is 0 Å². The number of carbonyl (C=O) groups excluding carboxylic acids is 2. The zero-order valence-corrected chi connectivity index (χ0v) is 18.8. The summed E-state index contributed by atoms with van der Waals surface area (Å²) in [6.45, 7) is 3.68. The molecule has 2 rings (SSSR count). The van der Waals surface area contributed by atoms with Gasteiger partial charge in [0.25, 0.3) is 0 Å². The lowest BCUT2D eigenvalue weighted by molar-refractivity contribution is 0.00771. The van der Waals surface area contributed by atoms with Crippen LogP contribution in [-0.2, 0) is 23.7 Å². The summed E-state index contributed by atoms with van der Waals surface area (Å²) in [6, 6.07) is 0. The largest absolute Gasteiger partial charge is 0.456 e. The minimum Gasteiger partial charge on any atom is -0.456 e. The lowest BCUT2D eigenvalue weighted by atomic mass is 10.1. The SMILES string of the molecule is O=C(I)OCCOCCOCCOCCNC(=O)OC[C@@H]1[C@@H]2CCC#CCC[C@@H]21. The van der Waals surface area contributed by atoms with E-state index in [2.05, 4.69) is 17.2 Å². The number of rotatable bonds is 14. The first-order valence-electron chi connectivity index (χ1n) is 10.1. The quantitative estimate of drug-likeness (QED) is 0.162. The van der Waals surface area contributed by atoms with Gasteiger partial charge < -0.3 is 29.0 Å². The van der Waals surface area contributed by atoms with E-state index in [0.717, 1.165) is 25.7 Å². The molecule has 0 aromatic heterocycles. The number of alkyl carbamates (subject to hydrolysis) is 1. The van der Waals surface area contributed by atoms with Crippen LogP contribution in [0.25, 0.3) is 0 Å². The molecule has 3 atom stereocenters. The first-order valence-corrected chi connectivity index (χ1v) is 11.2. The van der Waals surface area contributed by atoms with Gasteiger partial charge in [0.1, 0.15) is 6.61 Å². The van der Waals surface area contributed by atoms with Crippen molar-refractivity contribution in [2.45, 2.75) is 25.7 Å². The first-order chi connectivity index (χ1) is 14.2. The molecule has 2 aliphatic carbocycles. The van der Waals surface area contributed by atoms with Gasteiger partial charge in [-0.15, -0.1) is 11.8 Å². The Bertz CT molecular complexity index is 545. The highest BCUT2D eigenvalue weighted by molar-refractivity contribution is 14.1. The Balaban J connectivity index is 1.32. The average molecular weight is 523 g/mol. The fourth-order valence-corrected chi connectivity index (χ4v) is 3.67. The van der Waals surface area contributed by atoms with Crippen molar-refractivity contribution in [1.82, 2.24) is 5.32 Å². The van der Waals surface area contributed by atoms with Gasteiger partial charge in [-0.3, -0.25) is 0 Å². The second-order valence-electron chi connectivity index (χ2n) is 6.87. The van der Waals surface area contributed by atoms with Crippen molar-refractivity contribution in [3.8, 4) is 11.8 Å². The molecule has 0 aromatic rings. The molecule has 8 nitrogen and oxygen atoms in total. The molecule has 0 saturated heterocycles. The average Bonchev–Trinajstić information content (AvgIpc) is 3.32. The van der Waals surface area contributed by atoms with Crippen molar-refractivity contribution in [2.75, 3.05) is 59.4 Å². The minimum absolute atomic E-state index is 0.247. The van der Waals surface area contributed by atoms with Gasteiger partial charge >= 0.3 is 10.1 Å². The molecular weight excluding hydrogens is 493 g/mol. The van der Waals surface area contributed by atoms with E-state index in [4.69, 9.17) is 23.7 Å². The van der Waals surface area contributed by atoms with Gasteiger partial charge in [0.05, 0.1) is 68.8 Å². The highest BCUT2D eigenvalue weighted by atomic mass is 127. The molecule has 0 heterocycles. The normalized spacial score (nSPS) is 22.3. The van der Waals surface area contributed by atoms with Crippen LogP contribution in [0.3, 0.4) is 0 Å². The maximum atomic E-state index is 11.8. The Kier molecular flexibility index (Phi) is 12.4. The lowest BCUT2D eigenvalue weighted by Crippen LogP contribution is -2.29. The fourth-order valence-electron chi connectivity index (χ4n) is 3.45. The summed E-state index contributed by atoms with van der Waals surface area (Å²) in [5, 5.41) is 2.70. The number of ether oxygens (including phenoxy) is 5. The summed E-state index contributed by atoms with van der Waals surface area (Å²) in [5.74, 6) is 8.23. The summed E-state index contributed by atoms with van der Waals surface area (Å²) < 4.78 is 25.7. The van der Waals surface area contributed by atoms with Crippen LogP contribution < -0.4 is 5.32 Å². The smallest absolute Gasteiger partial charge is 0.407 e. The van der Waals surface area contributed by atoms with Crippen LogP contribution in [0.15, 0.2) is 0 Å². The maximum absolute atomic E-state index is 11.8. The summed E-state index contributed by atoms with van der Waals surface area (Å²) in [4.78, 5) is 22.3. The second kappa shape index (κ2) is 14.8. The van der Waals surface area contributed by atoms with E-state index in [-0.39, 0.29) is 16.7 Å². The molecule has 0 bridgehead atoms. The zero-order valence-electron chi connectivity index (χ0n) is 16.7. The first kappa shape index (κ1) is 24.2. The van der Waals surface area contributed by atoms with E-state index in [0.29, 0.717) is 70.5 Å². The number of carbonyl (C=O) groups is 2. The summed E-state index contributed by atoms with van der Waals surface area (Å²) >= 11 is 1.57. The third kappa shape index (κ3) is 11.0. The molecule has 1 fully saturated rings. The number of hydrogen-bond donors (Lipinski definition) is 1. The van der Waals surface area contributed by atoms with Crippen molar-refractivity contribution in [1.29, 1.82) is 0 Å². The lowest BCUT2D eigenvalue weighted by Gasteiger charge is -2.08. The summed E-state index contributed by atoms with van der Waals surface area (Å²) in [7, 11) is 0. The van der Waals surface area contributed by atoms with Crippen molar-refractivity contribution < 1.29 is 33.3 Å². The van der Waals surface area contributed by atoms with Gasteiger partial charge in [-0.1, -0.05) is 0 Å². The van der Waals surface area contributed by atoms with E-state index in [9.17, 15) is 9.59 Å². The highest BCUT2D eigenvalue weighted by Crippen LogP contribution is 2.52. The molecule has 0 radical (unpaired) electrons. The third-order valence-electron chi connectivity index (χ3n) is 4.95. The van der Waals surface area contributed by atoms with Gasteiger partial charge in [-0.05, 0) is 30.6 Å². The molecule has 0 spiro atoms. The monoisotopic (exact) mass is 523 g/mol.